The van der Waals surface area contributed by atoms with Crippen LogP contribution in [-0.4, -0.2) is 31.7 Å². The van der Waals surface area contributed by atoms with Gasteiger partial charge >= 0.3 is 5.97 Å². The number of rotatable bonds is 5. The molecule has 0 bridgehead atoms. The third-order valence-electron chi connectivity index (χ3n) is 3.75. The van der Waals surface area contributed by atoms with Gasteiger partial charge in [-0.05, 0) is 50.3 Å². The molecule has 2 N–H and O–H groups in total. The van der Waals surface area contributed by atoms with Crippen LogP contribution in [0.5, 0.6) is 0 Å². The third kappa shape index (κ3) is 3.51. The van der Waals surface area contributed by atoms with E-state index >= 15 is 0 Å². The standard InChI is InChI=1S/C16H24N2O2/c1-3-20-16(19)14(17)11-13-6-7-15(12(2)10-13)18-8-4-5-9-18/h6-7,10,14H,3-5,8-9,11,17H2,1-2H3. The molecule has 1 atom stereocenters. The lowest BCUT2D eigenvalue weighted by Crippen LogP contribution is -2.34. The second-order valence-corrected chi connectivity index (χ2v) is 5.38. The summed E-state index contributed by atoms with van der Waals surface area (Å²) in [7, 11) is 0. The zero-order valence-corrected chi connectivity index (χ0v) is 12.4. The van der Waals surface area contributed by atoms with Gasteiger partial charge in [-0.3, -0.25) is 4.79 Å². The number of anilines is 1. The van der Waals surface area contributed by atoms with Gasteiger partial charge in [0.25, 0.3) is 0 Å². The Bertz CT molecular complexity index is 468. The summed E-state index contributed by atoms with van der Waals surface area (Å²) in [4.78, 5) is 14.0. The normalized spacial score (nSPS) is 16.2. The number of nitrogens with zero attached hydrogens (tertiary/aromatic N) is 1. The summed E-state index contributed by atoms with van der Waals surface area (Å²) in [6.07, 6.45) is 3.07. The van der Waals surface area contributed by atoms with Crippen molar-refractivity contribution in [3.63, 3.8) is 0 Å². The molecule has 1 unspecified atom stereocenters. The SMILES string of the molecule is CCOC(=O)C(N)Cc1ccc(N2CCCC2)c(C)c1. The van der Waals surface area contributed by atoms with E-state index in [1.165, 1.54) is 24.1 Å². The van der Waals surface area contributed by atoms with Crippen molar-refractivity contribution < 1.29 is 9.53 Å². The molecule has 0 aliphatic carbocycles. The Morgan fingerprint density at radius 3 is 2.70 bits per heavy atom. The minimum Gasteiger partial charge on any atom is -0.465 e. The number of carbonyl (C=O) groups is 1. The second-order valence-electron chi connectivity index (χ2n) is 5.38. The van der Waals surface area contributed by atoms with Crippen LogP contribution < -0.4 is 10.6 Å². The Kier molecular flexibility index (Phi) is 5.01. The van der Waals surface area contributed by atoms with Gasteiger partial charge in [0.2, 0.25) is 0 Å². The monoisotopic (exact) mass is 276 g/mol. The molecule has 1 heterocycles. The van der Waals surface area contributed by atoms with E-state index in [0.717, 1.165) is 18.7 Å². The predicted molar refractivity (Wildman–Crippen MR) is 80.9 cm³/mol. The van der Waals surface area contributed by atoms with Crippen molar-refractivity contribution in [2.75, 3.05) is 24.6 Å². The summed E-state index contributed by atoms with van der Waals surface area (Å²) in [5.41, 5.74) is 9.50. The van der Waals surface area contributed by atoms with Gasteiger partial charge in [-0.2, -0.15) is 0 Å². The Balaban J connectivity index is 2.03. The highest BCUT2D eigenvalue weighted by atomic mass is 16.5. The minimum absolute atomic E-state index is 0.325. The van der Waals surface area contributed by atoms with Crippen LogP contribution in [0, 0.1) is 6.92 Å². The number of nitrogens with two attached hydrogens (primary N) is 1. The molecule has 20 heavy (non-hydrogen) atoms. The number of ether oxygens (including phenoxy) is 1. The molecule has 1 fully saturated rings. The van der Waals surface area contributed by atoms with E-state index in [1.54, 1.807) is 6.92 Å². The van der Waals surface area contributed by atoms with Crippen LogP contribution in [0.25, 0.3) is 0 Å². The van der Waals surface area contributed by atoms with E-state index in [1.807, 2.05) is 0 Å². The summed E-state index contributed by atoms with van der Waals surface area (Å²) in [5, 5.41) is 0. The lowest BCUT2D eigenvalue weighted by Gasteiger charge is -2.21. The zero-order valence-electron chi connectivity index (χ0n) is 12.4. The van der Waals surface area contributed by atoms with Gasteiger partial charge in [-0.1, -0.05) is 12.1 Å². The number of hydrogen-bond donors (Lipinski definition) is 1. The minimum atomic E-state index is -0.577. The molecule has 0 radical (unpaired) electrons. The highest BCUT2D eigenvalue weighted by molar-refractivity contribution is 5.76. The van der Waals surface area contributed by atoms with E-state index in [4.69, 9.17) is 10.5 Å². The van der Waals surface area contributed by atoms with Crippen LogP contribution in [0.3, 0.4) is 0 Å². The van der Waals surface area contributed by atoms with Crippen molar-refractivity contribution in [1.82, 2.24) is 0 Å². The molecule has 110 valence electrons. The molecular formula is C16H24N2O2. The Morgan fingerprint density at radius 1 is 1.40 bits per heavy atom. The van der Waals surface area contributed by atoms with Crippen LogP contribution in [0.4, 0.5) is 5.69 Å². The van der Waals surface area contributed by atoms with Crippen molar-refractivity contribution in [1.29, 1.82) is 0 Å². The quantitative estimate of drug-likeness (QED) is 0.836. The number of esters is 1. The first-order chi connectivity index (χ1) is 9.61. The van der Waals surface area contributed by atoms with Gasteiger partial charge in [0, 0.05) is 18.8 Å². The fraction of sp³-hybridized carbons (Fsp3) is 0.562. The molecule has 1 aromatic carbocycles. The first kappa shape index (κ1) is 14.9. The molecule has 2 rings (SSSR count). The van der Waals surface area contributed by atoms with Crippen LogP contribution in [-0.2, 0) is 16.0 Å². The predicted octanol–water partition coefficient (Wildman–Crippen LogP) is 2.03. The fourth-order valence-electron chi connectivity index (χ4n) is 2.74. The van der Waals surface area contributed by atoms with E-state index < -0.39 is 6.04 Å². The topological polar surface area (TPSA) is 55.6 Å². The molecule has 0 saturated carbocycles. The van der Waals surface area contributed by atoms with Crippen LogP contribution in [0.2, 0.25) is 0 Å². The van der Waals surface area contributed by atoms with Gasteiger partial charge in [-0.25, -0.2) is 0 Å². The molecule has 4 heteroatoms. The smallest absolute Gasteiger partial charge is 0.323 e. The van der Waals surface area contributed by atoms with Gasteiger partial charge in [0.05, 0.1) is 6.61 Å². The highest BCUT2D eigenvalue weighted by Crippen LogP contribution is 2.25. The lowest BCUT2D eigenvalue weighted by atomic mass is 10.0. The maximum Gasteiger partial charge on any atom is 0.323 e. The summed E-state index contributed by atoms with van der Waals surface area (Å²) in [5.74, 6) is -0.325. The van der Waals surface area contributed by atoms with E-state index in [9.17, 15) is 4.79 Å². The maximum atomic E-state index is 11.6. The van der Waals surface area contributed by atoms with Gasteiger partial charge in [0.1, 0.15) is 6.04 Å². The second kappa shape index (κ2) is 6.75. The van der Waals surface area contributed by atoms with E-state index in [-0.39, 0.29) is 5.97 Å². The van der Waals surface area contributed by atoms with E-state index in [2.05, 4.69) is 30.0 Å². The molecule has 1 aliphatic heterocycles. The molecular weight excluding hydrogens is 252 g/mol. The molecule has 1 aliphatic rings. The largest absolute Gasteiger partial charge is 0.465 e. The molecule has 0 spiro atoms. The van der Waals surface area contributed by atoms with Gasteiger partial charge < -0.3 is 15.4 Å². The summed E-state index contributed by atoms with van der Waals surface area (Å²) >= 11 is 0. The third-order valence-corrected chi connectivity index (χ3v) is 3.75. The molecule has 1 aromatic rings. The van der Waals surface area contributed by atoms with Crippen molar-refractivity contribution in [3.05, 3.63) is 29.3 Å². The molecule has 4 nitrogen and oxygen atoms in total. The van der Waals surface area contributed by atoms with Crippen LogP contribution in [0.15, 0.2) is 18.2 Å². The maximum absolute atomic E-state index is 11.6. The number of aryl methyl sites for hydroxylation is 1. The highest BCUT2D eigenvalue weighted by Gasteiger charge is 2.17. The zero-order chi connectivity index (χ0) is 14.5. The number of carbonyl (C=O) groups excluding carboxylic acids is 1. The Hall–Kier alpha value is -1.55. The summed E-state index contributed by atoms with van der Waals surface area (Å²) in [6.45, 7) is 6.57. The van der Waals surface area contributed by atoms with Crippen LogP contribution in [0.1, 0.15) is 30.9 Å². The molecule has 0 aromatic heterocycles. The van der Waals surface area contributed by atoms with E-state index in [0.29, 0.717) is 13.0 Å². The molecule has 1 saturated heterocycles. The Labute approximate surface area is 120 Å². The van der Waals surface area contributed by atoms with Crippen molar-refractivity contribution >= 4 is 11.7 Å². The first-order valence-electron chi connectivity index (χ1n) is 7.38. The Morgan fingerprint density at radius 2 is 2.10 bits per heavy atom. The lowest BCUT2D eigenvalue weighted by molar-refractivity contribution is -0.144. The molecule has 0 amide bonds. The average Bonchev–Trinajstić information content (AvgIpc) is 2.93. The summed E-state index contributed by atoms with van der Waals surface area (Å²) < 4.78 is 4.94. The number of hydrogen-bond acceptors (Lipinski definition) is 4. The number of benzene rings is 1. The van der Waals surface area contributed by atoms with Crippen LogP contribution >= 0.6 is 0 Å². The van der Waals surface area contributed by atoms with Crippen molar-refractivity contribution in [2.45, 2.75) is 39.2 Å². The van der Waals surface area contributed by atoms with Gasteiger partial charge in [-0.15, -0.1) is 0 Å². The average molecular weight is 276 g/mol. The van der Waals surface area contributed by atoms with Gasteiger partial charge in [0.15, 0.2) is 0 Å². The summed E-state index contributed by atoms with van der Waals surface area (Å²) in [6, 6.07) is 5.77. The first-order valence-corrected chi connectivity index (χ1v) is 7.38. The van der Waals surface area contributed by atoms with Crippen molar-refractivity contribution in [3.8, 4) is 0 Å². The van der Waals surface area contributed by atoms with Crippen molar-refractivity contribution in [2.24, 2.45) is 5.73 Å². The fourth-order valence-corrected chi connectivity index (χ4v) is 2.74.